The lowest BCUT2D eigenvalue weighted by atomic mass is 9.99. The molecule has 1 fully saturated rings. The second-order valence-corrected chi connectivity index (χ2v) is 27.8. The van der Waals surface area contributed by atoms with Gasteiger partial charge >= 0.3 is 5.97 Å². The molecule has 7 atom stereocenters. The lowest BCUT2D eigenvalue weighted by Gasteiger charge is -2.40. The van der Waals surface area contributed by atoms with Gasteiger partial charge in [-0.15, -0.1) is 0 Å². The minimum atomic E-state index is -1.58. The van der Waals surface area contributed by atoms with Crippen LogP contribution in [0.3, 0.4) is 0 Å². The summed E-state index contributed by atoms with van der Waals surface area (Å²) in [4.78, 5) is 25.1. The summed E-state index contributed by atoms with van der Waals surface area (Å²) in [6.07, 6.45) is 80.3. The molecule has 0 saturated carbocycles. The molecule has 11 heteroatoms. The van der Waals surface area contributed by atoms with E-state index in [2.05, 4.69) is 43.5 Å². The number of amides is 1. The summed E-state index contributed by atoms with van der Waals surface area (Å²) in [5.41, 5.74) is 0. The first-order valence-electron chi connectivity index (χ1n) is 39.8. The van der Waals surface area contributed by atoms with Crippen LogP contribution in [0.15, 0.2) is 36.5 Å². The molecule has 1 heterocycles. The molecule has 0 aromatic carbocycles. The largest absolute Gasteiger partial charge is 0.466 e. The monoisotopic (exact) mass is 1290 g/mol. The normalized spacial score (nSPS) is 17.7. The highest BCUT2D eigenvalue weighted by Crippen LogP contribution is 2.24. The van der Waals surface area contributed by atoms with Crippen molar-refractivity contribution in [3.8, 4) is 0 Å². The van der Waals surface area contributed by atoms with Crippen LogP contribution >= 0.6 is 0 Å². The van der Waals surface area contributed by atoms with Crippen LogP contribution in [0.4, 0.5) is 0 Å². The van der Waals surface area contributed by atoms with E-state index in [-0.39, 0.29) is 18.5 Å². The summed E-state index contributed by atoms with van der Waals surface area (Å²) in [5.74, 6) is -0.171. The second kappa shape index (κ2) is 69.2. The predicted molar refractivity (Wildman–Crippen MR) is 384 cm³/mol. The number of hydrogen-bond acceptors (Lipinski definition) is 10. The fourth-order valence-electron chi connectivity index (χ4n) is 12.8. The third-order valence-corrected chi connectivity index (χ3v) is 19.0. The number of unbranched alkanes of at least 4 members (excludes halogenated alkanes) is 53. The van der Waals surface area contributed by atoms with Crippen molar-refractivity contribution in [2.45, 2.75) is 442 Å². The van der Waals surface area contributed by atoms with Crippen LogP contribution in [-0.2, 0) is 23.8 Å². The Hall–Kier alpha value is -2.12. The van der Waals surface area contributed by atoms with E-state index in [1.165, 1.54) is 308 Å². The SMILES string of the molecule is CCCCCCC/C=C/CC/C=C/CC/C=C/C(O)C(COC1OC(CO)C(O)C(O)C1O)NC(=O)CCCCCCCCCCCCCCCCCCCCCCCCCCCCCCCCCCCCCCCOC(=O)CCCCCCCCCCCCC. The Labute approximate surface area is 562 Å². The summed E-state index contributed by atoms with van der Waals surface area (Å²) in [5, 5.41) is 54.6. The Morgan fingerprint density at radius 1 is 0.396 bits per heavy atom. The number of aliphatic hydroxyl groups is 5. The summed E-state index contributed by atoms with van der Waals surface area (Å²) in [6.45, 7) is 4.36. The molecule has 0 bridgehead atoms. The van der Waals surface area contributed by atoms with Gasteiger partial charge in [0.1, 0.15) is 24.4 Å². The van der Waals surface area contributed by atoms with E-state index in [9.17, 15) is 35.1 Å². The molecule has 0 aromatic heterocycles. The number of nitrogens with one attached hydrogen (secondary N) is 1. The summed E-state index contributed by atoms with van der Waals surface area (Å²) in [7, 11) is 0. The van der Waals surface area contributed by atoms with Crippen LogP contribution in [0.2, 0.25) is 0 Å². The van der Waals surface area contributed by atoms with Gasteiger partial charge in [0, 0.05) is 12.8 Å². The van der Waals surface area contributed by atoms with E-state index < -0.39 is 49.5 Å². The number of hydrogen-bond donors (Lipinski definition) is 6. The Kier molecular flexibility index (Phi) is 66.1. The first kappa shape index (κ1) is 86.9. The molecule has 91 heavy (non-hydrogen) atoms. The zero-order valence-electron chi connectivity index (χ0n) is 59.8. The predicted octanol–water partition coefficient (Wildman–Crippen LogP) is 21.3. The van der Waals surface area contributed by atoms with Crippen molar-refractivity contribution in [3.05, 3.63) is 36.5 Å². The number of esters is 1. The maximum atomic E-state index is 13.1. The van der Waals surface area contributed by atoms with Crippen molar-refractivity contribution in [1.82, 2.24) is 5.32 Å². The Bertz CT molecular complexity index is 1610. The van der Waals surface area contributed by atoms with Crippen molar-refractivity contribution >= 4 is 11.9 Å². The maximum Gasteiger partial charge on any atom is 0.305 e. The number of allylic oxidation sites excluding steroid dienone is 5. The Balaban J connectivity index is 1.92. The Morgan fingerprint density at radius 2 is 0.714 bits per heavy atom. The topological polar surface area (TPSA) is 175 Å². The van der Waals surface area contributed by atoms with Gasteiger partial charge in [0.05, 0.1) is 32.0 Å². The van der Waals surface area contributed by atoms with Crippen LogP contribution in [-0.4, -0.2) is 100 Å². The van der Waals surface area contributed by atoms with E-state index in [1.807, 2.05) is 6.08 Å². The smallest absolute Gasteiger partial charge is 0.305 e. The molecule has 7 unspecified atom stereocenters. The summed E-state index contributed by atoms with van der Waals surface area (Å²) >= 11 is 0. The molecule has 0 radical (unpaired) electrons. The van der Waals surface area contributed by atoms with Gasteiger partial charge in [0.15, 0.2) is 6.29 Å². The lowest BCUT2D eigenvalue weighted by Crippen LogP contribution is -2.60. The first-order chi connectivity index (χ1) is 44.7. The van der Waals surface area contributed by atoms with Gasteiger partial charge in [0.2, 0.25) is 5.91 Å². The van der Waals surface area contributed by atoms with Gasteiger partial charge < -0.3 is 45.1 Å². The molecule has 536 valence electrons. The summed E-state index contributed by atoms with van der Waals surface area (Å²) in [6, 6.07) is -0.831. The Morgan fingerprint density at radius 3 is 1.09 bits per heavy atom. The fraction of sp³-hybridized carbons (Fsp3) is 0.900. The molecule has 11 nitrogen and oxygen atoms in total. The summed E-state index contributed by atoms with van der Waals surface area (Å²) < 4.78 is 16.8. The van der Waals surface area contributed by atoms with Gasteiger partial charge in [-0.1, -0.05) is 365 Å². The number of carbonyl (C=O) groups excluding carboxylic acids is 2. The van der Waals surface area contributed by atoms with E-state index in [1.54, 1.807) is 6.08 Å². The molecule has 1 amide bonds. The minimum Gasteiger partial charge on any atom is -0.466 e. The number of rotatable bonds is 71. The van der Waals surface area contributed by atoms with Gasteiger partial charge in [0.25, 0.3) is 0 Å². The van der Waals surface area contributed by atoms with E-state index in [4.69, 9.17) is 14.2 Å². The van der Waals surface area contributed by atoms with Crippen molar-refractivity contribution in [2.75, 3.05) is 19.8 Å². The van der Waals surface area contributed by atoms with Gasteiger partial charge in [-0.05, 0) is 57.8 Å². The van der Waals surface area contributed by atoms with Crippen LogP contribution in [0.5, 0.6) is 0 Å². The molecule has 1 aliphatic heterocycles. The van der Waals surface area contributed by atoms with Crippen molar-refractivity contribution in [1.29, 1.82) is 0 Å². The number of ether oxygens (including phenoxy) is 3. The van der Waals surface area contributed by atoms with Gasteiger partial charge in [-0.3, -0.25) is 9.59 Å². The van der Waals surface area contributed by atoms with Gasteiger partial charge in [-0.2, -0.15) is 0 Å². The average molecular weight is 1290 g/mol. The molecular weight excluding hydrogens is 1130 g/mol. The van der Waals surface area contributed by atoms with Crippen LogP contribution in [0, 0.1) is 0 Å². The second-order valence-electron chi connectivity index (χ2n) is 27.8. The maximum absolute atomic E-state index is 13.1. The van der Waals surface area contributed by atoms with Crippen LogP contribution in [0.1, 0.15) is 399 Å². The van der Waals surface area contributed by atoms with Gasteiger partial charge in [-0.25, -0.2) is 0 Å². The minimum absolute atomic E-state index is 0.0172. The highest BCUT2D eigenvalue weighted by Gasteiger charge is 2.44. The standard InChI is InChI=1S/C80H151NO10/c1-3-5-7-9-11-13-15-16-40-43-47-50-54-58-62-66-73(83)72(71-90-80-79(88)78(87)77(86)74(70-82)91-80)81-75(84)67-63-59-55-51-48-44-41-38-36-34-32-30-28-26-24-22-20-18-17-19-21-23-25-27-29-31-33-35-37-39-42-45-49-53-57-61-65-69-89-76(85)68-64-60-56-52-46-14-12-10-8-6-4-2/h15-16,47,50,62,66,72-74,77-80,82-83,86-88H,3-14,17-46,48-49,51-61,63-65,67-71H2,1-2H3,(H,81,84)/b16-15+,50-47+,66-62+. The van der Waals surface area contributed by atoms with Crippen LogP contribution < -0.4 is 5.32 Å². The zero-order valence-corrected chi connectivity index (χ0v) is 59.8. The third kappa shape index (κ3) is 57.8. The third-order valence-electron chi connectivity index (χ3n) is 19.0. The van der Waals surface area contributed by atoms with Crippen molar-refractivity contribution in [3.63, 3.8) is 0 Å². The molecule has 0 spiro atoms. The van der Waals surface area contributed by atoms with Crippen molar-refractivity contribution < 1.29 is 49.3 Å². The van der Waals surface area contributed by atoms with E-state index >= 15 is 0 Å². The highest BCUT2D eigenvalue weighted by molar-refractivity contribution is 5.76. The average Bonchev–Trinajstić information content (AvgIpc) is 1.62. The van der Waals surface area contributed by atoms with E-state index in [0.29, 0.717) is 19.4 Å². The number of carbonyl (C=O) groups is 2. The van der Waals surface area contributed by atoms with Crippen molar-refractivity contribution in [2.24, 2.45) is 0 Å². The number of aliphatic hydroxyl groups excluding tert-OH is 5. The molecule has 1 aliphatic rings. The molecule has 1 saturated heterocycles. The lowest BCUT2D eigenvalue weighted by molar-refractivity contribution is -0.302. The first-order valence-corrected chi connectivity index (χ1v) is 39.8. The quantitative estimate of drug-likeness (QED) is 0.0195. The fourth-order valence-corrected chi connectivity index (χ4v) is 12.8. The molecular formula is C80H151NO10. The molecule has 0 aliphatic carbocycles. The zero-order chi connectivity index (χ0) is 65.8. The van der Waals surface area contributed by atoms with Crippen LogP contribution in [0.25, 0.3) is 0 Å². The molecule has 6 N–H and O–H groups in total. The highest BCUT2D eigenvalue weighted by atomic mass is 16.7. The van der Waals surface area contributed by atoms with E-state index in [0.717, 1.165) is 64.2 Å². The molecule has 1 rings (SSSR count). The molecule has 0 aromatic rings.